The molecule has 1 aliphatic rings. The molecule has 0 spiro atoms. The normalized spacial score (nSPS) is 17.2. The molecule has 1 amide bonds. The summed E-state index contributed by atoms with van der Waals surface area (Å²) in [5.41, 5.74) is 7.77. The molecule has 1 saturated heterocycles. The Morgan fingerprint density at radius 3 is 2.87 bits per heavy atom. The van der Waals surface area contributed by atoms with Crippen LogP contribution in [0, 0.1) is 12.8 Å². The van der Waals surface area contributed by atoms with E-state index in [1.165, 1.54) is 5.56 Å². The summed E-state index contributed by atoms with van der Waals surface area (Å²) in [6.45, 7) is 9.18. The Hall–Kier alpha value is -1.55. The molecule has 170 valence electrons. The van der Waals surface area contributed by atoms with Crippen molar-refractivity contribution >= 4 is 35.8 Å². The van der Waals surface area contributed by atoms with Gasteiger partial charge < -0.3 is 26.0 Å². The topological polar surface area (TPSA) is 92.0 Å². The van der Waals surface area contributed by atoms with Crippen molar-refractivity contribution in [3.05, 3.63) is 29.3 Å². The van der Waals surface area contributed by atoms with Crippen LogP contribution in [0.1, 0.15) is 43.7 Å². The van der Waals surface area contributed by atoms with Gasteiger partial charge in [0.1, 0.15) is 5.75 Å². The molecule has 0 aliphatic carbocycles. The van der Waals surface area contributed by atoms with E-state index in [9.17, 15) is 4.79 Å². The number of aryl methyl sites for hydroxylation is 1. The maximum absolute atomic E-state index is 11.4. The largest absolute Gasteiger partial charge is 0.493 e. The lowest BCUT2D eigenvalue weighted by Crippen LogP contribution is -2.42. The molecule has 0 aromatic heterocycles. The van der Waals surface area contributed by atoms with Crippen molar-refractivity contribution in [2.24, 2.45) is 16.6 Å². The highest BCUT2D eigenvalue weighted by molar-refractivity contribution is 14.0. The summed E-state index contributed by atoms with van der Waals surface area (Å²) in [6.07, 6.45) is 3.94. The molecule has 0 saturated carbocycles. The lowest BCUT2D eigenvalue weighted by Gasteiger charge is -2.31. The number of nitrogens with two attached hydrogens (primary N) is 1. The van der Waals surface area contributed by atoms with Crippen LogP contribution >= 0.6 is 24.0 Å². The van der Waals surface area contributed by atoms with Gasteiger partial charge in [-0.2, -0.15) is 0 Å². The predicted octanol–water partition coefficient (Wildman–Crippen LogP) is 2.65. The highest BCUT2D eigenvalue weighted by atomic mass is 127. The number of amides is 1. The zero-order valence-corrected chi connectivity index (χ0v) is 20.9. The number of nitrogens with zero attached hydrogens (tertiary/aromatic N) is 2. The van der Waals surface area contributed by atoms with Crippen molar-refractivity contribution in [3.8, 4) is 5.75 Å². The van der Waals surface area contributed by atoms with Gasteiger partial charge >= 0.3 is 0 Å². The second kappa shape index (κ2) is 14.5. The Bertz CT molecular complexity index is 683. The number of aliphatic imine (C=N–C) groups is 1. The number of rotatable bonds is 10. The molecule has 1 aromatic rings. The number of ether oxygens (including phenoxy) is 1. The number of piperidine rings is 1. The zero-order valence-electron chi connectivity index (χ0n) is 18.6. The molecule has 0 bridgehead atoms. The summed E-state index contributed by atoms with van der Waals surface area (Å²) in [5, 5.41) is 6.73. The van der Waals surface area contributed by atoms with Crippen molar-refractivity contribution in [1.82, 2.24) is 15.5 Å². The molecule has 1 heterocycles. The number of nitrogens with one attached hydrogen (secondary N) is 2. The smallest absolute Gasteiger partial charge is 0.221 e. The lowest BCUT2D eigenvalue weighted by molar-refractivity contribution is -0.123. The number of likely N-dealkylation sites (tertiary alicyclic amines) is 1. The number of guanidine groups is 1. The van der Waals surface area contributed by atoms with Gasteiger partial charge in [-0.15, -0.1) is 24.0 Å². The van der Waals surface area contributed by atoms with Gasteiger partial charge in [-0.1, -0.05) is 19.1 Å². The maximum atomic E-state index is 11.4. The van der Waals surface area contributed by atoms with Gasteiger partial charge in [-0.05, 0) is 57.3 Å². The monoisotopic (exact) mass is 531 g/mol. The standard InChI is InChI=1S/C22H37N5O2.HI/c1-4-13-29-20-14-17(2)8-9-18(20)15-26-22(24-3)25-10-6-12-27-11-5-7-19(16-27)21(23)28;/h8-9,14,19H,4-7,10-13,15-16H2,1-3H3,(H2,23,28)(H2,24,25,26);1H. The molecule has 1 unspecified atom stereocenters. The third-order valence-corrected chi connectivity index (χ3v) is 5.21. The fraction of sp³-hybridized carbons (Fsp3) is 0.636. The van der Waals surface area contributed by atoms with Gasteiger partial charge in [0.2, 0.25) is 5.91 Å². The number of benzene rings is 1. The van der Waals surface area contributed by atoms with Gasteiger partial charge in [-0.25, -0.2) is 0 Å². The van der Waals surface area contributed by atoms with E-state index in [-0.39, 0.29) is 35.8 Å². The highest BCUT2D eigenvalue weighted by Crippen LogP contribution is 2.20. The number of hydrogen-bond acceptors (Lipinski definition) is 4. The zero-order chi connectivity index (χ0) is 21.1. The average Bonchev–Trinajstić information content (AvgIpc) is 2.72. The first-order valence-corrected chi connectivity index (χ1v) is 10.7. The van der Waals surface area contributed by atoms with Crippen LogP contribution in [-0.4, -0.2) is 56.6 Å². The average molecular weight is 531 g/mol. The summed E-state index contributed by atoms with van der Waals surface area (Å²) in [7, 11) is 1.78. The number of halogens is 1. The first-order valence-electron chi connectivity index (χ1n) is 10.7. The van der Waals surface area contributed by atoms with Crippen molar-refractivity contribution in [2.75, 3.05) is 39.8 Å². The Kier molecular flexibility index (Phi) is 12.8. The number of carbonyl (C=O) groups is 1. The van der Waals surface area contributed by atoms with Crippen molar-refractivity contribution in [2.45, 2.75) is 46.1 Å². The molecule has 2 rings (SSSR count). The minimum absolute atomic E-state index is 0. The van der Waals surface area contributed by atoms with E-state index in [0.717, 1.165) is 75.7 Å². The molecule has 8 heteroatoms. The van der Waals surface area contributed by atoms with Crippen LogP contribution < -0.4 is 21.1 Å². The summed E-state index contributed by atoms with van der Waals surface area (Å²) >= 11 is 0. The number of carbonyl (C=O) groups excluding carboxylic acids is 1. The molecule has 1 atom stereocenters. The van der Waals surface area contributed by atoms with Gasteiger partial charge in [0.15, 0.2) is 5.96 Å². The van der Waals surface area contributed by atoms with Gasteiger partial charge in [0.25, 0.3) is 0 Å². The second-order valence-electron chi connectivity index (χ2n) is 7.71. The van der Waals surface area contributed by atoms with E-state index < -0.39 is 0 Å². The fourth-order valence-electron chi connectivity index (χ4n) is 3.55. The van der Waals surface area contributed by atoms with E-state index in [1.54, 1.807) is 7.05 Å². The quantitative estimate of drug-likeness (QED) is 0.187. The molecule has 7 nitrogen and oxygen atoms in total. The lowest BCUT2D eigenvalue weighted by atomic mass is 9.97. The van der Waals surface area contributed by atoms with E-state index in [0.29, 0.717) is 6.54 Å². The van der Waals surface area contributed by atoms with Gasteiger partial charge in [0, 0.05) is 32.2 Å². The Balaban J connectivity index is 0.00000450. The van der Waals surface area contributed by atoms with Crippen LogP contribution in [0.2, 0.25) is 0 Å². The SMILES string of the molecule is CCCOc1cc(C)ccc1CNC(=NC)NCCCN1CCCC(C(N)=O)C1.I. The number of primary amides is 1. The van der Waals surface area contributed by atoms with Crippen LogP contribution in [0.15, 0.2) is 23.2 Å². The van der Waals surface area contributed by atoms with Crippen LogP contribution in [0.4, 0.5) is 0 Å². The number of hydrogen-bond donors (Lipinski definition) is 3. The highest BCUT2D eigenvalue weighted by Gasteiger charge is 2.23. The van der Waals surface area contributed by atoms with Crippen molar-refractivity contribution < 1.29 is 9.53 Å². The summed E-state index contributed by atoms with van der Waals surface area (Å²) in [5.74, 6) is 1.55. The predicted molar refractivity (Wildman–Crippen MR) is 134 cm³/mol. The third kappa shape index (κ3) is 9.07. The molecule has 0 radical (unpaired) electrons. The van der Waals surface area contributed by atoms with Crippen LogP contribution in [-0.2, 0) is 11.3 Å². The van der Waals surface area contributed by atoms with E-state index in [1.807, 2.05) is 0 Å². The van der Waals surface area contributed by atoms with Crippen molar-refractivity contribution in [1.29, 1.82) is 0 Å². The van der Waals surface area contributed by atoms with Gasteiger partial charge in [0.05, 0.1) is 12.5 Å². The first-order chi connectivity index (χ1) is 14.0. The van der Waals surface area contributed by atoms with Gasteiger partial charge in [-0.3, -0.25) is 9.79 Å². The molecular formula is C22H38IN5O2. The van der Waals surface area contributed by atoms with Crippen LogP contribution in [0.3, 0.4) is 0 Å². The van der Waals surface area contributed by atoms with Crippen LogP contribution in [0.25, 0.3) is 0 Å². The fourth-order valence-corrected chi connectivity index (χ4v) is 3.55. The molecule has 1 fully saturated rings. The molecule has 4 N–H and O–H groups in total. The summed E-state index contributed by atoms with van der Waals surface area (Å²) in [6, 6.07) is 6.29. The minimum Gasteiger partial charge on any atom is -0.493 e. The van der Waals surface area contributed by atoms with E-state index in [2.05, 4.69) is 52.6 Å². The first kappa shape index (κ1) is 26.5. The molecular weight excluding hydrogens is 493 g/mol. The summed E-state index contributed by atoms with van der Waals surface area (Å²) < 4.78 is 5.89. The Morgan fingerprint density at radius 2 is 2.17 bits per heavy atom. The third-order valence-electron chi connectivity index (χ3n) is 5.21. The summed E-state index contributed by atoms with van der Waals surface area (Å²) in [4.78, 5) is 18.0. The second-order valence-corrected chi connectivity index (χ2v) is 7.71. The van der Waals surface area contributed by atoms with Crippen molar-refractivity contribution in [3.63, 3.8) is 0 Å². The maximum Gasteiger partial charge on any atom is 0.221 e. The molecule has 1 aliphatic heterocycles. The van der Waals surface area contributed by atoms with E-state index in [4.69, 9.17) is 10.5 Å². The van der Waals surface area contributed by atoms with E-state index >= 15 is 0 Å². The Morgan fingerprint density at radius 1 is 1.37 bits per heavy atom. The minimum atomic E-state index is -0.171. The molecule has 1 aromatic carbocycles. The Labute approximate surface area is 198 Å². The van der Waals surface area contributed by atoms with Crippen LogP contribution in [0.5, 0.6) is 5.75 Å². The molecule has 30 heavy (non-hydrogen) atoms.